The number of benzene rings is 2. The molecule has 0 fully saturated rings. The Kier molecular flexibility index (Phi) is 5.77. The molecule has 9 nitrogen and oxygen atoms in total. The van der Waals surface area contributed by atoms with Crippen molar-refractivity contribution in [2.75, 3.05) is 6.61 Å². The van der Waals surface area contributed by atoms with Gasteiger partial charge in [0.2, 0.25) is 0 Å². The molecule has 33 heavy (non-hydrogen) atoms. The van der Waals surface area contributed by atoms with Gasteiger partial charge in [0.25, 0.3) is 0 Å². The van der Waals surface area contributed by atoms with Gasteiger partial charge in [-0.05, 0) is 61.0 Å². The SMILES string of the molecule is CCOC(=O)n1c(-c2ccc(OC(=O)c3cccnc3)cc2)cc(=O)c2c(O)c(O)ccc21. The van der Waals surface area contributed by atoms with Crippen LogP contribution in [0.3, 0.4) is 0 Å². The Morgan fingerprint density at radius 2 is 1.82 bits per heavy atom. The fourth-order valence-corrected chi connectivity index (χ4v) is 3.33. The van der Waals surface area contributed by atoms with Gasteiger partial charge in [0.15, 0.2) is 16.9 Å². The molecule has 0 spiro atoms. The quantitative estimate of drug-likeness (QED) is 0.276. The predicted octanol–water partition coefficient (Wildman–Crippen LogP) is 3.70. The second kappa shape index (κ2) is 8.83. The van der Waals surface area contributed by atoms with Crippen LogP contribution in [0.5, 0.6) is 17.2 Å². The van der Waals surface area contributed by atoms with Gasteiger partial charge in [-0.15, -0.1) is 0 Å². The van der Waals surface area contributed by atoms with Crippen molar-refractivity contribution in [3.05, 3.63) is 82.8 Å². The Hall–Kier alpha value is -4.66. The molecule has 2 aromatic heterocycles. The van der Waals surface area contributed by atoms with E-state index in [9.17, 15) is 24.6 Å². The minimum atomic E-state index is -0.769. The molecule has 2 aromatic carbocycles. The highest BCUT2D eigenvalue weighted by Crippen LogP contribution is 2.34. The Balaban J connectivity index is 1.78. The van der Waals surface area contributed by atoms with E-state index in [4.69, 9.17) is 9.47 Å². The van der Waals surface area contributed by atoms with Crippen LogP contribution >= 0.6 is 0 Å². The number of phenols is 2. The Morgan fingerprint density at radius 3 is 2.48 bits per heavy atom. The zero-order valence-electron chi connectivity index (χ0n) is 17.4. The first kappa shape index (κ1) is 21.6. The average Bonchev–Trinajstić information content (AvgIpc) is 2.82. The first-order valence-corrected chi connectivity index (χ1v) is 9.91. The normalized spacial score (nSPS) is 10.7. The number of rotatable bonds is 4. The lowest BCUT2D eigenvalue weighted by atomic mass is 10.1. The number of hydrogen-bond donors (Lipinski definition) is 2. The molecule has 0 aliphatic carbocycles. The number of ether oxygens (including phenoxy) is 2. The van der Waals surface area contributed by atoms with Crippen LogP contribution in [0.25, 0.3) is 22.2 Å². The van der Waals surface area contributed by atoms with E-state index in [2.05, 4.69) is 4.98 Å². The summed E-state index contributed by atoms with van der Waals surface area (Å²) in [7, 11) is 0. The van der Waals surface area contributed by atoms with Crippen molar-refractivity contribution in [1.82, 2.24) is 9.55 Å². The number of esters is 1. The molecule has 4 aromatic rings. The predicted molar refractivity (Wildman–Crippen MR) is 119 cm³/mol. The third-order valence-electron chi connectivity index (χ3n) is 4.84. The summed E-state index contributed by atoms with van der Waals surface area (Å²) >= 11 is 0. The minimum Gasteiger partial charge on any atom is -0.504 e. The summed E-state index contributed by atoms with van der Waals surface area (Å²) in [4.78, 5) is 41.6. The van der Waals surface area contributed by atoms with E-state index in [1.54, 1.807) is 37.4 Å². The van der Waals surface area contributed by atoms with Crippen molar-refractivity contribution < 1.29 is 29.3 Å². The summed E-state index contributed by atoms with van der Waals surface area (Å²) in [5.41, 5.74) is 0.409. The molecule has 166 valence electrons. The lowest BCUT2D eigenvalue weighted by molar-refractivity contribution is 0.0734. The average molecular weight is 446 g/mol. The lowest BCUT2D eigenvalue weighted by Gasteiger charge is -2.16. The number of carbonyl (C=O) groups excluding carboxylic acids is 2. The standard InChI is InChI=1S/C24H18N2O7/c1-2-32-24(31)26-17-9-10-19(27)22(29)21(17)20(28)12-18(26)14-5-7-16(8-6-14)33-23(30)15-4-3-11-25-13-15/h3-13,27,29H,2H2,1H3. The number of phenolic OH excluding ortho intramolecular Hbond substituents is 2. The minimum absolute atomic E-state index is 0.0679. The molecular weight excluding hydrogens is 428 g/mol. The van der Waals surface area contributed by atoms with Gasteiger partial charge in [-0.25, -0.2) is 14.2 Å². The van der Waals surface area contributed by atoms with Crippen molar-refractivity contribution in [2.24, 2.45) is 0 Å². The number of fused-ring (bicyclic) bond motifs is 1. The van der Waals surface area contributed by atoms with E-state index in [-0.39, 0.29) is 34.5 Å². The van der Waals surface area contributed by atoms with Crippen molar-refractivity contribution in [2.45, 2.75) is 6.92 Å². The van der Waals surface area contributed by atoms with E-state index in [1.807, 2.05) is 0 Å². The molecule has 0 radical (unpaired) electrons. The molecule has 0 aliphatic rings. The molecule has 2 N–H and O–H groups in total. The maximum atomic E-state index is 12.7. The molecule has 0 aliphatic heterocycles. The molecule has 2 heterocycles. The fourth-order valence-electron chi connectivity index (χ4n) is 3.33. The summed E-state index contributed by atoms with van der Waals surface area (Å²) in [5, 5.41) is 19.8. The molecular formula is C24H18N2O7. The lowest BCUT2D eigenvalue weighted by Crippen LogP contribution is -2.20. The molecule has 0 atom stereocenters. The Labute approximate surface area is 187 Å². The topological polar surface area (TPSA) is 128 Å². The summed E-state index contributed by atoms with van der Waals surface area (Å²) in [6, 6.07) is 13.0. The van der Waals surface area contributed by atoms with Gasteiger partial charge in [-0.3, -0.25) is 9.78 Å². The van der Waals surface area contributed by atoms with E-state index in [0.29, 0.717) is 5.56 Å². The van der Waals surface area contributed by atoms with Crippen LogP contribution in [0.15, 0.2) is 71.8 Å². The molecule has 0 amide bonds. The maximum Gasteiger partial charge on any atom is 0.418 e. The Bertz CT molecular complexity index is 1410. The zero-order chi connectivity index (χ0) is 23.5. The van der Waals surface area contributed by atoms with E-state index < -0.39 is 29.0 Å². The van der Waals surface area contributed by atoms with Crippen LogP contribution in [0.1, 0.15) is 17.3 Å². The summed E-state index contributed by atoms with van der Waals surface area (Å²) in [6.07, 6.45) is 2.16. The second-order valence-corrected chi connectivity index (χ2v) is 6.91. The van der Waals surface area contributed by atoms with Gasteiger partial charge in [0.1, 0.15) is 5.75 Å². The van der Waals surface area contributed by atoms with Crippen LogP contribution in [0, 0.1) is 0 Å². The van der Waals surface area contributed by atoms with Gasteiger partial charge in [-0.2, -0.15) is 0 Å². The van der Waals surface area contributed by atoms with Crippen molar-refractivity contribution in [3.63, 3.8) is 0 Å². The third kappa shape index (κ3) is 4.11. The summed E-state index contributed by atoms with van der Waals surface area (Å²) < 4.78 is 11.6. The fraction of sp³-hybridized carbons (Fsp3) is 0.0833. The number of carbonyl (C=O) groups is 2. The monoisotopic (exact) mass is 446 g/mol. The summed E-state index contributed by atoms with van der Waals surface area (Å²) in [5.74, 6) is -1.44. The van der Waals surface area contributed by atoms with Gasteiger partial charge >= 0.3 is 12.1 Å². The zero-order valence-corrected chi connectivity index (χ0v) is 17.4. The highest BCUT2D eigenvalue weighted by Gasteiger charge is 2.21. The van der Waals surface area contributed by atoms with E-state index in [0.717, 1.165) is 10.6 Å². The smallest absolute Gasteiger partial charge is 0.418 e. The number of aromatic nitrogens is 2. The molecule has 0 saturated carbocycles. The first-order valence-electron chi connectivity index (χ1n) is 9.91. The van der Waals surface area contributed by atoms with Crippen LogP contribution < -0.4 is 10.2 Å². The summed E-state index contributed by atoms with van der Waals surface area (Å²) in [6.45, 7) is 1.72. The number of hydrogen-bond acceptors (Lipinski definition) is 8. The third-order valence-corrected chi connectivity index (χ3v) is 4.84. The molecule has 9 heteroatoms. The van der Waals surface area contributed by atoms with E-state index >= 15 is 0 Å². The molecule has 0 saturated heterocycles. The number of aromatic hydroxyl groups is 2. The number of pyridine rings is 2. The van der Waals surface area contributed by atoms with E-state index in [1.165, 1.54) is 30.5 Å². The Morgan fingerprint density at radius 1 is 1.06 bits per heavy atom. The van der Waals surface area contributed by atoms with Crippen molar-refractivity contribution >= 4 is 23.0 Å². The number of nitrogens with zero attached hydrogens (tertiary/aromatic N) is 2. The highest BCUT2D eigenvalue weighted by molar-refractivity contribution is 5.96. The van der Waals surface area contributed by atoms with Crippen LogP contribution in [0.2, 0.25) is 0 Å². The molecule has 4 rings (SSSR count). The van der Waals surface area contributed by atoms with Gasteiger partial charge in [0, 0.05) is 18.5 Å². The van der Waals surface area contributed by atoms with Crippen molar-refractivity contribution in [1.29, 1.82) is 0 Å². The van der Waals surface area contributed by atoms with Crippen LogP contribution in [-0.4, -0.2) is 38.4 Å². The van der Waals surface area contributed by atoms with Gasteiger partial charge in [0.05, 0.1) is 28.8 Å². The second-order valence-electron chi connectivity index (χ2n) is 6.91. The van der Waals surface area contributed by atoms with Crippen LogP contribution in [0.4, 0.5) is 4.79 Å². The first-order chi connectivity index (χ1) is 15.9. The molecule has 0 unspecified atom stereocenters. The van der Waals surface area contributed by atoms with Gasteiger partial charge in [-0.1, -0.05) is 0 Å². The largest absolute Gasteiger partial charge is 0.504 e. The highest BCUT2D eigenvalue weighted by atomic mass is 16.5. The van der Waals surface area contributed by atoms with Crippen LogP contribution in [-0.2, 0) is 4.74 Å². The van der Waals surface area contributed by atoms with Crippen molar-refractivity contribution in [3.8, 4) is 28.5 Å². The molecule has 0 bridgehead atoms. The maximum absolute atomic E-state index is 12.7. The van der Waals surface area contributed by atoms with Gasteiger partial charge < -0.3 is 19.7 Å².